The van der Waals surface area contributed by atoms with Crippen molar-refractivity contribution >= 4 is 17.4 Å². The van der Waals surface area contributed by atoms with Crippen molar-refractivity contribution in [1.82, 2.24) is 0 Å². The second-order valence-electron chi connectivity index (χ2n) is 4.77. The van der Waals surface area contributed by atoms with E-state index in [0.29, 0.717) is 12.2 Å². The van der Waals surface area contributed by atoms with E-state index in [4.69, 9.17) is 11.5 Å². The lowest BCUT2D eigenvalue weighted by Gasteiger charge is -2.20. The Labute approximate surface area is 128 Å². The molecule has 0 bridgehead atoms. The maximum Gasteiger partial charge on any atom is 0.120 e. The van der Waals surface area contributed by atoms with Gasteiger partial charge in [-0.2, -0.15) is 0 Å². The van der Waals surface area contributed by atoms with Crippen LogP contribution in [0.4, 0.5) is 5.69 Å². The quantitative estimate of drug-likeness (QED) is 0.374. The molecule has 112 valence electrons. The van der Waals surface area contributed by atoms with E-state index in [-0.39, 0.29) is 16.7 Å². The first-order valence-electron chi connectivity index (χ1n) is 6.81. The van der Waals surface area contributed by atoms with Crippen molar-refractivity contribution in [1.29, 1.82) is 0 Å². The predicted octanol–water partition coefficient (Wildman–Crippen LogP) is 2.85. The molecule has 2 rings (SSSR count). The summed E-state index contributed by atoms with van der Waals surface area (Å²) in [6.07, 6.45) is 0.882. The Hall–Kier alpha value is -1.85. The van der Waals surface area contributed by atoms with E-state index in [1.54, 1.807) is 42.1 Å². The number of hydrogen-bond acceptors (Lipinski definition) is 5. The topological polar surface area (TPSA) is 92.5 Å². The van der Waals surface area contributed by atoms with Crippen LogP contribution in [0, 0.1) is 0 Å². The van der Waals surface area contributed by atoms with Crippen molar-refractivity contribution in [3.05, 3.63) is 53.6 Å². The maximum atomic E-state index is 10.1. The number of nitrogen functional groups attached to an aromatic ring is 1. The van der Waals surface area contributed by atoms with E-state index < -0.39 is 0 Å². The Balaban J connectivity index is 2.40. The molecule has 0 fully saturated rings. The maximum absolute atomic E-state index is 10.1. The van der Waals surface area contributed by atoms with Crippen LogP contribution in [0.1, 0.15) is 22.8 Å². The number of thioether (sulfide) groups is 1. The summed E-state index contributed by atoms with van der Waals surface area (Å²) < 4.78 is 0. The number of phenols is 2. The highest BCUT2D eigenvalue weighted by Gasteiger charge is 2.20. The summed E-state index contributed by atoms with van der Waals surface area (Å²) in [6.45, 7) is 0.621. The third kappa shape index (κ3) is 3.83. The molecule has 2 aromatic rings. The Morgan fingerprint density at radius 1 is 1.05 bits per heavy atom. The zero-order chi connectivity index (χ0) is 15.2. The van der Waals surface area contributed by atoms with Crippen LogP contribution in [-0.4, -0.2) is 22.5 Å². The fourth-order valence-electron chi connectivity index (χ4n) is 2.13. The highest BCUT2D eigenvalue weighted by molar-refractivity contribution is 7.99. The van der Waals surface area contributed by atoms with Gasteiger partial charge >= 0.3 is 0 Å². The molecule has 4 nitrogen and oxygen atoms in total. The van der Waals surface area contributed by atoms with Crippen molar-refractivity contribution in [2.45, 2.75) is 11.7 Å². The Kier molecular flexibility index (Phi) is 5.36. The van der Waals surface area contributed by atoms with Gasteiger partial charge in [0, 0.05) is 11.3 Å². The summed E-state index contributed by atoms with van der Waals surface area (Å²) in [5.74, 6) is 1.24. The lowest BCUT2D eigenvalue weighted by atomic mass is 10.0. The average Bonchev–Trinajstić information content (AvgIpc) is 2.48. The van der Waals surface area contributed by atoms with Gasteiger partial charge in [-0.15, -0.1) is 11.8 Å². The molecule has 21 heavy (non-hydrogen) atoms. The molecule has 5 heteroatoms. The van der Waals surface area contributed by atoms with E-state index >= 15 is 0 Å². The van der Waals surface area contributed by atoms with Crippen LogP contribution in [0.25, 0.3) is 0 Å². The van der Waals surface area contributed by atoms with Gasteiger partial charge in [0.1, 0.15) is 11.5 Å². The third-order valence-electron chi connectivity index (χ3n) is 3.21. The zero-order valence-corrected chi connectivity index (χ0v) is 12.5. The Morgan fingerprint density at radius 3 is 2.52 bits per heavy atom. The molecule has 0 saturated carbocycles. The second-order valence-corrected chi connectivity index (χ2v) is 5.98. The predicted molar refractivity (Wildman–Crippen MR) is 88.6 cm³/mol. The minimum Gasteiger partial charge on any atom is -0.508 e. The van der Waals surface area contributed by atoms with Crippen LogP contribution in [0.3, 0.4) is 0 Å². The van der Waals surface area contributed by atoms with Crippen LogP contribution in [-0.2, 0) is 0 Å². The first kappa shape index (κ1) is 15.5. The summed E-state index contributed by atoms with van der Waals surface area (Å²) in [7, 11) is 0. The molecule has 0 saturated heterocycles. The van der Waals surface area contributed by atoms with Crippen LogP contribution in [0.15, 0.2) is 42.5 Å². The van der Waals surface area contributed by atoms with Crippen molar-refractivity contribution in [3.63, 3.8) is 0 Å². The van der Waals surface area contributed by atoms with Gasteiger partial charge in [-0.05, 0) is 48.5 Å². The molecule has 0 aliphatic carbocycles. The number of phenolic OH excluding ortho intramolecular Hbond substituents is 2. The van der Waals surface area contributed by atoms with E-state index in [2.05, 4.69) is 0 Å². The molecular formula is C16H20N2O2S. The van der Waals surface area contributed by atoms with Gasteiger partial charge in [0.25, 0.3) is 0 Å². The first-order valence-corrected chi connectivity index (χ1v) is 7.86. The fourth-order valence-corrected chi connectivity index (χ4v) is 3.46. The van der Waals surface area contributed by atoms with E-state index in [1.807, 2.05) is 12.1 Å². The minimum absolute atomic E-state index is 0.134. The number of hydrogen-bond donors (Lipinski definition) is 4. The van der Waals surface area contributed by atoms with Crippen molar-refractivity contribution in [3.8, 4) is 11.5 Å². The molecular weight excluding hydrogens is 284 g/mol. The number of benzene rings is 2. The molecule has 0 heterocycles. The van der Waals surface area contributed by atoms with E-state index in [0.717, 1.165) is 23.3 Å². The molecule has 0 aliphatic heterocycles. The van der Waals surface area contributed by atoms with Crippen molar-refractivity contribution in [2.24, 2.45) is 5.73 Å². The Bertz CT molecular complexity index is 605. The number of para-hydroxylation sites is 1. The zero-order valence-electron chi connectivity index (χ0n) is 11.7. The smallest absolute Gasteiger partial charge is 0.120 e. The van der Waals surface area contributed by atoms with Crippen LogP contribution in [0.5, 0.6) is 11.5 Å². The van der Waals surface area contributed by atoms with Gasteiger partial charge in [-0.25, -0.2) is 0 Å². The molecule has 0 amide bonds. The molecule has 6 N–H and O–H groups in total. The van der Waals surface area contributed by atoms with Crippen LogP contribution < -0.4 is 11.5 Å². The summed E-state index contributed by atoms with van der Waals surface area (Å²) >= 11 is 1.66. The summed E-state index contributed by atoms with van der Waals surface area (Å²) in [4.78, 5) is 0. The summed E-state index contributed by atoms with van der Waals surface area (Å²) in [5, 5.41) is 19.7. The molecule has 2 aromatic carbocycles. The van der Waals surface area contributed by atoms with E-state index in [9.17, 15) is 10.2 Å². The lowest BCUT2D eigenvalue weighted by Crippen LogP contribution is -2.05. The minimum atomic E-state index is -0.134. The highest BCUT2D eigenvalue weighted by Crippen LogP contribution is 2.43. The van der Waals surface area contributed by atoms with Gasteiger partial charge in [0.2, 0.25) is 0 Å². The van der Waals surface area contributed by atoms with Gasteiger partial charge in [-0.1, -0.05) is 18.2 Å². The van der Waals surface area contributed by atoms with Crippen LogP contribution in [0.2, 0.25) is 0 Å². The van der Waals surface area contributed by atoms with Gasteiger partial charge < -0.3 is 21.7 Å². The monoisotopic (exact) mass is 304 g/mol. The van der Waals surface area contributed by atoms with E-state index in [1.165, 1.54) is 0 Å². The highest BCUT2D eigenvalue weighted by atomic mass is 32.2. The van der Waals surface area contributed by atoms with Gasteiger partial charge in [0.05, 0.1) is 5.25 Å². The molecule has 1 atom stereocenters. The largest absolute Gasteiger partial charge is 0.508 e. The normalized spacial score (nSPS) is 12.2. The molecule has 0 radical (unpaired) electrons. The molecule has 1 unspecified atom stereocenters. The molecule has 0 spiro atoms. The van der Waals surface area contributed by atoms with Gasteiger partial charge in [0.15, 0.2) is 0 Å². The number of aromatic hydroxyl groups is 2. The number of nitrogens with two attached hydrogens (primary N) is 2. The average molecular weight is 304 g/mol. The Morgan fingerprint density at radius 2 is 1.81 bits per heavy atom. The molecule has 0 aliphatic rings. The van der Waals surface area contributed by atoms with Crippen molar-refractivity contribution in [2.75, 3.05) is 18.0 Å². The molecule has 0 aromatic heterocycles. The third-order valence-corrected chi connectivity index (χ3v) is 4.57. The van der Waals surface area contributed by atoms with Gasteiger partial charge in [-0.3, -0.25) is 0 Å². The fraction of sp³-hybridized carbons (Fsp3) is 0.250. The standard InChI is InChI=1S/C16H20N2O2S/c17-8-3-9-21-16(12-4-1-2-5-15(12)20)13-10-11(19)6-7-14(13)18/h1-2,4-7,10,16,19-20H,3,8-9,17-18H2. The van der Waals surface area contributed by atoms with Crippen molar-refractivity contribution < 1.29 is 10.2 Å². The second kappa shape index (κ2) is 7.24. The summed E-state index contributed by atoms with van der Waals surface area (Å²) in [5.41, 5.74) is 13.8. The SMILES string of the molecule is NCCCSC(c1cc(O)ccc1N)c1ccccc1O. The summed E-state index contributed by atoms with van der Waals surface area (Å²) in [6, 6.07) is 12.1. The number of rotatable bonds is 6. The lowest BCUT2D eigenvalue weighted by molar-refractivity contribution is 0.468. The first-order chi connectivity index (χ1) is 10.1. The van der Waals surface area contributed by atoms with Crippen LogP contribution >= 0.6 is 11.8 Å². The number of anilines is 1.